The molecule has 30 heavy (non-hydrogen) atoms. The second kappa shape index (κ2) is 9.36. The van der Waals surface area contributed by atoms with Crippen LogP contribution in [0.5, 0.6) is 11.5 Å². The average molecular weight is 450 g/mol. The van der Waals surface area contributed by atoms with E-state index in [1.807, 2.05) is 0 Å². The number of methoxy groups -OCH3 is 1. The van der Waals surface area contributed by atoms with Crippen molar-refractivity contribution in [2.45, 2.75) is 44.1 Å². The number of carbonyl (C=O) groups is 1. The average Bonchev–Trinajstić information content (AvgIpc) is 2.64. The van der Waals surface area contributed by atoms with Crippen LogP contribution in [0, 0.1) is 23.5 Å². The van der Waals surface area contributed by atoms with Gasteiger partial charge in [-0.2, -0.15) is 22.0 Å². The second-order valence-corrected chi connectivity index (χ2v) is 6.88. The molecule has 0 aromatic heterocycles. The Labute approximate surface area is 166 Å². The van der Waals surface area contributed by atoms with Crippen molar-refractivity contribution in [1.29, 1.82) is 0 Å². The van der Waals surface area contributed by atoms with Gasteiger partial charge in [-0.1, -0.05) is 0 Å². The van der Waals surface area contributed by atoms with Gasteiger partial charge in [-0.25, -0.2) is 13.2 Å². The summed E-state index contributed by atoms with van der Waals surface area (Å²) in [5.41, 5.74) is 0. The van der Waals surface area contributed by atoms with E-state index in [4.69, 9.17) is 9.47 Å². The first-order chi connectivity index (χ1) is 13.8. The number of esters is 1. The van der Waals surface area contributed by atoms with Crippen LogP contribution in [0.25, 0.3) is 0 Å². The molecule has 0 aliphatic heterocycles. The van der Waals surface area contributed by atoms with E-state index in [1.165, 1.54) is 0 Å². The molecule has 1 aromatic carbocycles. The number of hydrogen-bond acceptors (Lipinski definition) is 4. The molecule has 0 bridgehead atoms. The summed E-state index contributed by atoms with van der Waals surface area (Å²) >= 11 is 0. The van der Waals surface area contributed by atoms with Gasteiger partial charge in [-0.3, -0.25) is 4.79 Å². The number of rotatable bonds is 7. The highest BCUT2D eigenvalue weighted by atomic mass is 19.4. The van der Waals surface area contributed by atoms with Crippen LogP contribution in [0.4, 0.5) is 35.1 Å². The zero-order valence-corrected chi connectivity index (χ0v) is 15.6. The SMILES string of the molecule is COCC1CCC(C(=O)Oc2cc(F)c(OC(F)(F)C(F)C(F)(F)F)c(F)c2)CC1. The predicted molar refractivity (Wildman–Crippen MR) is 85.8 cm³/mol. The largest absolute Gasteiger partial charge is 0.439 e. The van der Waals surface area contributed by atoms with Crippen molar-refractivity contribution in [1.82, 2.24) is 0 Å². The minimum Gasteiger partial charge on any atom is -0.426 e. The van der Waals surface area contributed by atoms with Crippen molar-refractivity contribution in [2.24, 2.45) is 11.8 Å². The quantitative estimate of drug-likeness (QED) is 0.326. The molecule has 0 heterocycles. The van der Waals surface area contributed by atoms with Crippen LogP contribution in [-0.2, 0) is 9.53 Å². The van der Waals surface area contributed by atoms with Crippen molar-refractivity contribution >= 4 is 5.97 Å². The highest BCUT2D eigenvalue weighted by Gasteiger charge is 2.59. The minimum atomic E-state index is -6.02. The number of benzene rings is 1. The van der Waals surface area contributed by atoms with Crippen LogP contribution >= 0.6 is 0 Å². The van der Waals surface area contributed by atoms with Crippen LogP contribution in [0.2, 0.25) is 0 Å². The highest BCUT2D eigenvalue weighted by molar-refractivity contribution is 5.75. The molecule has 4 nitrogen and oxygen atoms in total. The Bertz CT molecular complexity index is 721. The summed E-state index contributed by atoms with van der Waals surface area (Å²) in [5.74, 6) is -7.51. The van der Waals surface area contributed by atoms with E-state index < -0.39 is 53.5 Å². The van der Waals surface area contributed by atoms with Crippen LogP contribution in [0.1, 0.15) is 25.7 Å². The number of halogens is 8. The van der Waals surface area contributed by atoms with Gasteiger partial charge >= 0.3 is 18.3 Å². The van der Waals surface area contributed by atoms with E-state index in [1.54, 1.807) is 7.11 Å². The molecule has 1 aliphatic rings. The summed E-state index contributed by atoms with van der Waals surface area (Å²) in [6.07, 6.45) is -14.2. The molecule has 1 atom stereocenters. The van der Waals surface area contributed by atoms with Crippen LogP contribution in [0.15, 0.2) is 12.1 Å². The first-order valence-corrected chi connectivity index (χ1v) is 8.82. The lowest BCUT2D eigenvalue weighted by Gasteiger charge is -2.26. The van der Waals surface area contributed by atoms with Gasteiger partial charge in [0.25, 0.3) is 6.17 Å². The minimum absolute atomic E-state index is 0.267. The second-order valence-electron chi connectivity index (χ2n) is 6.88. The molecule has 0 N–H and O–H groups in total. The Balaban J connectivity index is 2.07. The van der Waals surface area contributed by atoms with E-state index in [9.17, 15) is 39.9 Å². The van der Waals surface area contributed by atoms with Gasteiger partial charge in [-0.05, 0) is 31.6 Å². The van der Waals surface area contributed by atoms with Crippen molar-refractivity contribution in [3.8, 4) is 11.5 Å². The van der Waals surface area contributed by atoms with Gasteiger partial charge in [0.1, 0.15) is 5.75 Å². The van der Waals surface area contributed by atoms with Crippen molar-refractivity contribution in [3.05, 3.63) is 23.8 Å². The maximum Gasteiger partial charge on any atom is 0.439 e. The van der Waals surface area contributed by atoms with Crippen LogP contribution < -0.4 is 9.47 Å². The summed E-state index contributed by atoms with van der Waals surface area (Å²) in [7, 11) is 1.55. The summed E-state index contributed by atoms with van der Waals surface area (Å²) in [4.78, 5) is 12.1. The fraction of sp³-hybridized carbons (Fsp3) is 0.611. The molecular formula is C18H18F8O4. The van der Waals surface area contributed by atoms with Gasteiger partial charge in [-0.15, -0.1) is 0 Å². The summed E-state index contributed by atoms with van der Waals surface area (Å²) < 4.78 is 117. The first-order valence-electron chi connectivity index (χ1n) is 8.82. The predicted octanol–water partition coefficient (Wildman–Crippen LogP) is 5.20. The number of alkyl halides is 6. The Morgan fingerprint density at radius 3 is 2.07 bits per heavy atom. The van der Waals surface area contributed by atoms with Crippen molar-refractivity contribution in [2.75, 3.05) is 13.7 Å². The lowest BCUT2D eigenvalue weighted by atomic mass is 9.82. The molecule has 1 aliphatic carbocycles. The number of carbonyl (C=O) groups excluding carboxylic acids is 1. The molecule has 2 rings (SSSR count). The van der Waals surface area contributed by atoms with Crippen molar-refractivity contribution in [3.63, 3.8) is 0 Å². The maximum absolute atomic E-state index is 13.9. The van der Waals surface area contributed by atoms with Crippen molar-refractivity contribution < 1.29 is 54.1 Å². The lowest BCUT2D eigenvalue weighted by molar-refractivity contribution is -0.306. The fourth-order valence-corrected chi connectivity index (χ4v) is 3.07. The van der Waals surface area contributed by atoms with E-state index in [0.717, 1.165) is 0 Å². The monoisotopic (exact) mass is 450 g/mol. The third kappa shape index (κ3) is 5.96. The third-order valence-electron chi connectivity index (χ3n) is 4.59. The molecule has 1 aromatic rings. The molecule has 1 saturated carbocycles. The van der Waals surface area contributed by atoms with Gasteiger partial charge in [0.2, 0.25) is 0 Å². The van der Waals surface area contributed by atoms with Gasteiger partial charge < -0.3 is 14.2 Å². The highest BCUT2D eigenvalue weighted by Crippen LogP contribution is 2.39. The maximum atomic E-state index is 13.9. The fourth-order valence-electron chi connectivity index (χ4n) is 3.07. The Hall–Kier alpha value is -2.11. The Morgan fingerprint density at radius 2 is 1.60 bits per heavy atom. The Morgan fingerprint density at radius 1 is 1.07 bits per heavy atom. The molecule has 0 radical (unpaired) electrons. The summed E-state index contributed by atoms with van der Waals surface area (Å²) in [6, 6.07) is 0.563. The Kier molecular flexibility index (Phi) is 7.54. The zero-order valence-electron chi connectivity index (χ0n) is 15.6. The lowest BCUT2D eigenvalue weighted by Crippen LogP contribution is -2.46. The molecule has 170 valence electrons. The molecule has 1 fully saturated rings. The number of ether oxygens (including phenoxy) is 3. The first kappa shape index (κ1) is 24.2. The van der Waals surface area contributed by atoms with Gasteiger partial charge in [0, 0.05) is 25.8 Å². The van der Waals surface area contributed by atoms with E-state index >= 15 is 0 Å². The van der Waals surface area contributed by atoms with Gasteiger partial charge in [0.05, 0.1) is 5.92 Å². The summed E-state index contributed by atoms with van der Waals surface area (Å²) in [6.45, 7) is 0.526. The zero-order chi connectivity index (χ0) is 22.7. The standard InChI is InChI=1S/C18H18F8O4/c1-28-8-9-2-4-10(5-3-9)15(27)29-11-6-12(19)14(13(20)7-11)30-18(25,26)16(21)17(22,23)24/h6-7,9-10,16H,2-5,8H2,1H3. The molecule has 0 spiro atoms. The van der Waals surface area contributed by atoms with E-state index in [0.29, 0.717) is 32.3 Å². The van der Waals surface area contributed by atoms with Gasteiger partial charge in [0.15, 0.2) is 17.4 Å². The normalized spacial score (nSPS) is 21.2. The molecule has 12 heteroatoms. The third-order valence-corrected chi connectivity index (χ3v) is 4.59. The smallest absolute Gasteiger partial charge is 0.426 e. The van der Waals surface area contributed by atoms with Crippen LogP contribution in [-0.4, -0.2) is 38.1 Å². The van der Waals surface area contributed by atoms with Crippen LogP contribution in [0.3, 0.4) is 0 Å². The van der Waals surface area contributed by atoms with E-state index in [-0.39, 0.29) is 18.1 Å². The van der Waals surface area contributed by atoms with E-state index in [2.05, 4.69) is 4.74 Å². The molecule has 1 unspecified atom stereocenters. The molecular weight excluding hydrogens is 432 g/mol. The molecule has 0 saturated heterocycles. The summed E-state index contributed by atoms with van der Waals surface area (Å²) in [5, 5.41) is 0. The number of hydrogen-bond donors (Lipinski definition) is 0. The topological polar surface area (TPSA) is 44.8 Å². The molecule has 0 amide bonds.